The number of halogens is 2. The quantitative estimate of drug-likeness (QED) is 0.101. The fourth-order valence-corrected chi connectivity index (χ4v) is 7.15. The maximum absolute atomic E-state index is 14.6. The van der Waals surface area contributed by atoms with Crippen molar-refractivity contribution in [3.63, 3.8) is 0 Å². The van der Waals surface area contributed by atoms with E-state index >= 15 is 0 Å². The predicted molar refractivity (Wildman–Crippen MR) is 193 cm³/mol. The first-order valence-corrected chi connectivity index (χ1v) is 18.7. The molecule has 248 valence electrons. The minimum Gasteiger partial charge on any atom is -0.354 e. The monoisotopic (exact) mass is 711 g/mol. The van der Waals surface area contributed by atoms with Gasteiger partial charge in [0.1, 0.15) is 12.6 Å². The molecule has 0 aliphatic heterocycles. The third-order valence-corrected chi connectivity index (χ3v) is 11.0. The number of carbonyl (C=O) groups excluding carboxylic acids is 2. The Hall–Kier alpha value is -3.50. The van der Waals surface area contributed by atoms with Crippen LogP contribution < -0.4 is 9.62 Å². The van der Waals surface area contributed by atoms with E-state index < -0.39 is 28.5 Å². The highest BCUT2D eigenvalue weighted by molar-refractivity contribution is 7.98. The Morgan fingerprint density at radius 3 is 2.17 bits per heavy atom. The van der Waals surface area contributed by atoms with Gasteiger partial charge in [-0.2, -0.15) is 0 Å². The highest BCUT2D eigenvalue weighted by atomic mass is 35.5. The zero-order valence-electron chi connectivity index (χ0n) is 26.7. The molecule has 47 heavy (non-hydrogen) atoms. The first kappa shape index (κ1) is 36.3. The molecule has 0 fully saturated rings. The van der Waals surface area contributed by atoms with Crippen LogP contribution in [0.15, 0.2) is 107 Å². The molecule has 1 N–H and O–H groups in total. The fraction of sp³-hybridized carbons (Fsp3) is 0.278. The summed E-state index contributed by atoms with van der Waals surface area (Å²) in [6.07, 6.45) is 3.79. The fourth-order valence-electron chi connectivity index (χ4n) is 5.01. The molecule has 0 aliphatic rings. The SMILES string of the molecule is CCCCNC(=O)C(Cc1ccccc1)N(Cc1ccc(Cl)c(Cl)c1)C(=O)CN(c1ccc(C)cc1)S(=O)(=O)c1ccc(SC)cc1. The Balaban J connectivity index is 1.80. The number of hydrogen-bond donors (Lipinski definition) is 1. The van der Waals surface area contributed by atoms with E-state index in [1.807, 2.05) is 50.4 Å². The molecule has 0 spiro atoms. The number of thioether (sulfide) groups is 1. The number of unbranched alkanes of at least 4 members (excludes halogenated alkanes) is 1. The van der Waals surface area contributed by atoms with Crippen LogP contribution in [0.5, 0.6) is 0 Å². The number of amides is 2. The van der Waals surface area contributed by atoms with Crippen molar-refractivity contribution in [2.75, 3.05) is 23.7 Å². The molecular weight excluding hydrogens is 673 g/mol. The second kappa shape index (κ2) is 17.1. The molecule has 11 heteroatoms. The number of anilines is 1. The summed E-state index contributed by atoms with van der Waals surface area (Å²) < 4.78 is 29.6. The van der Waals surface area contributed by atoms with Crippen LogP contribution in [0, 0.1) is 6.92 Å². The van der Waals surface area contributed by atoms with Crippen molar-refractivity contribution >= 4 is 62.5 Å². The molecule has 0 heterocycles. The lowest BCUT2D eigenvalue weighted by Gasteiger charge is -2.34. The number of hydrogen-bond acceptors (Lipinski definition) is 5. The lowest BCUT2D eigenvalue weighted by atomic mass is 10.0. The van der Waals surface area contributed by atoms with Gasteiger partial charge < -0.3 is 10.2 Å². The smallest absolute Gasteiger partial charge is 0.264 e. The van der Waals surface area contributed by atoms with Crippen molar-refractivity contribution < 1.29 is 18.0 Å². The topological polar surface area (TPSA) is 86.8 Å². The van der Waals surface area contributed by atoms with Crippen LogP contribution in [0.2, 0.25) is 10.0 Å². The van der Waals surface area contributed by atoms with Crippen molar-refractivity contribution in [3.8, 4) is 0 Å². The number of sulfonamides is 1. The highest BCUT2D eigenvalue weighted by Gasteiger charge is 2.34. The molecule has 1 atom stereocenters. The second-order valence-electron chi connectivity index (χ2n) is 11.1. The normalized spacial score (nSPS) is 11.9. The van der Waals surface area contributed by atoms with E-state index in [9.17, 15) is 18.0 Å². The average molecular weight is 713 g/mol. The summed E-state index contributed by atoms with van der Waals surface area (Å²) in [7, 11) is -4.19. The molecule has 0 aliphatic carbocycles. The van der Waals surface area contributed by atoms with Gasteiger partial charge in [-0.15, -0.1) is 11.8 Å². The lowest BCUT2D eigenvalue weighted by molar-refractivity contribution is -0.140. The summed E-state index contributed by atoms with van der Waals surface area (Å²) in [5.74, 6) is -0.874. The second-order valence-corrected chi connectivity index (χ2v) is 14.7. The Bertz CT molecular complexity index is 1750. The van der Waals surface area contributed by atoms with Crippen LogP contribution in [-0.2, 0) is 32.6 Å². The molecule has 0 saturated heterocycles. The van der Waals surface area contributed by atoms with Crippen molar-refractivity contribution in [2.24, 2.45) is 0 Å². The summed E-state index contributed by atoms with van der Waals surface area (Å²) in [4.78, 5) is 30.8. The lowest BCUT2D eigenvalue weighted by Crippen LogP contribution is -2.53. The van der Waals surface area contributed by atoms with Gasteiger partial charge in [0.2, 0.25) is 11.8 Å². The summed E-state index contributed by atoms with van der Waals surface area (Å²) in [5, 5.41) is 3.65. The van der Waals surface area contributed by atoms with Crippen molar-refractivity contribution in [1.82, 2.24) is 10.2 Å². The van der Waals surface area contributed by atoms with Gasteiger partial charge in [0.05, 0.1) is 20.6 Å². The van der Waals surface area contributed by atoms with Crippen LogP contribution in [0.25, 0.3) is 0 Å². The Labute approximate surface area is 292 Å². The highest BCUT2D eigenvalue weighted by Crippen LogP contribution is 2.28. The van der Waals surface area contributed by atoms with Crippen LogP contribution >= 0.6 is 35.0 Å². The maximum atomic E-state index is 14.6. The predicted octanol–water partition coefficient (Wildman–Crippen LogP) is 7.78. The van der Waals surface area contributed by atoms with Crippen molar-refractivity contribution in [1.29, 1.82) is 0 Å². The van der Waals surface area contributed by atoms with Crippen molar-refractivity contribution in [2.45, 2.75) is 55.5 Å². The number of benzene rings is 4. The largest absolute Gasteiger partial charge is 0.354 e. The average Bonchev–Trinajstić information content (AvgIpc) is 3.07. The third kappa shape index (κ3) is 9.76. The van der Waals surface area contributed by atoms with E-state index in [-0.39, 0.29) is 23.8 Å². The standard InChI is InChI=1S/C36H39Cl2N3O4S2/c1-4-5-21-39-36(43)34(23-27-9-7-6-8-10-27)40(24-28-13-20-32(37)33(38)22-28)35(42)25-41(29-14-11-26(2)12-15-29)47(44,45)31-18-16-30(46-3)17-19-31/h6-20,22,34H,4-5,21,23-25H2,1-3H3,(H,39,43). The zero-order valence-corrected chi connectivity index (χ0v) is 29.8. The molecule has 0 aromatic heterocycles. The summed E-state index contributed by atoms with van der Waals surface area (Å²) >= 11 is 14.1. The minimum absolute atomic E-state index is 0.00136. The Morgan fingerprint density at radius 2 is 1.55 bits per heavy atom. The van der Waals surface area contributed by atoms with Gasteiger partial charge in [-0.25, -0.2) is 8.42 Å². The first-order chi connectivity index (χ1) is 22.5. The maximum Gasteiger partial charge on any atom is 0.264 e. The summed E-state index contributed by atoms with van der Waals surface area (Å²) in [5.41, 5.74) is 2.77. The van der Waals surface area contributed by atoms with Gasteiger partial charge in [-0.05, 0) is 79.3 Å². The molecule has 4 aromatic carbocycles. The number of nitrogens with one attached hydrogen (secondary N) is 1. The molecule has 4 rings (SSSR count). The van der Waals surface area contributed by atoms with Crippen LogP contribution in [-0.4, -0.2) is 50.5 Å². The molecule has 2 amide bonds. The van der Waals surface area contributed by atoms with Crippen LogP contribution in [0.1, 0.15) is 36.5 Å². The van der Waals surface area contributed by atoms with E-state index in [2.05, 4.69) is 5.32 Å². The molecule has 0 radical (unpaired) electrons. The first-order valence-electron chi connectivity index (χ1n) is 15.3. The summed E-state index contributed by atoms with van der Waals surface area (Å²) in [6, 6.07) is 27.0. The van der Waals surface area contributed by atoms with Gasteiger partial charge in [-0.3, -0.25) is 13.9 Å². The summed E-state index contributed by atoms with van der Waals surface area (Å²) in [6.45, 7) is 3.84. The van der Waals surface area contributed by atoms with Gasteiger partial charge in [0.25, 0.3) is 10.0 Å². The van der Waals surface area contributed by atoms with Crippen molar-refractivity contribution in [3.05, 3.63) is 124 Å². The van der Waals surface area contributed by atoms with Crippen LogP contribution in [0.3, 0.4) is 0 Å². The van der Waals surface area contributed by atoms with E-state index in [1.165, 1.54) is 16.7 Å². The number of rotatable bonds is 15. The van der Waals surface area contributed by atoms with Gasteiger partial charge in [0.15, 0.2) is 0 Å². The number of carbonyl (C=O) groups is 2. The molecule has 0 bridgehead atoms. The van der Waals surface area contributed by atoms with E-state index in [0.717, 1.165) is 33.2 Å². The number of aryl methyl sites for hydroxylation is 1. The molecule has 0 saturated carbocycles. The third-order valence-electron chi connectivity index (χ3n) is 7.69. The van der Waals surface area contributed by atoms with Gasteiger partial charge >= 0.3 is 0 Å². The Kier molecular flexibility index (Phi) is 13.2. The Morgan fingerprint density at radius 1 is 0.872 bits per heavy atom. The van der Waals surface area contributed by atoms with E-state index in [0.29, 0.717) is 27.8 Å². The van der Waals surface area contributed by atoms with Crippen LogP contribution in [0.4, 0.5) is 5.69 Å². The molecule has 4 aromatic rings. The van der Waals surface area contributed by atoms with Gasteiger partial charge in [-0.1, -0.05) is 90.6 Å². The van der Waals surface area contributed by atoms with E-state index in [1.54, 1.807) is 66.7 Å². The molecule has 1 unspecified atom stereocenters. The molecule has 7 nitrogen and oxygen atoms in total. The number of nitrogens with zero attached hydrogens (tertiary/aromatic N) is 2. The molecular formula is C36H39Cl2N3O4S2. The zero-order chi connectivity index (χ0) is 34.0. The van der Waals surface area contributed by atoms with Gasteiger partial charge in [0, 0.05) is 24.4 Å². The minimum atomic E-state index is -4.19. The van der Waals surface area contributed by atoms with E-state index in [4.69, 9.17) is 23.2 Å².